The molecule has 0 aliphatic heterocycles. The van der Waals surface area contributed by atoms with Crippen LogP contribution in [-0.2, 0) is 0 Å². The van der Waals surface area contributed by atoms with Crippen molar-refractivity contribution in [3.05, 3.63) is 80.7 Å². The molecule has 2 unspecified atom stereocenters. The van der Waals surface area contributed by atoms with E-state index in [0.717, 1.165) is 29.3 Å². The lowest BCUT2D eigenvalue weighted by Crippen LogP contribution is -2.48. The van der Waals surface area contributed by atoms with Gasteiger partial charge in [0.25, 0.3) is 5.69 Å². The van der Waals surface area contributed by atoms with Crippen LogP contribution in [0.15, 0.2) is 75.9 Å². The summed E-state index contributed by atoms with van der Waals surface area (Å²) in [6.07, 6.45) is 9.94. The molecule has 6 rings (SSSR count). The molecule has 1 saturated carbocycles. The third kappa shape index (κ3) is 3.60. The number of aromatic nitrogens is 2. The predicted octanol–water partition coefficient (Wildman–Crippen LogP) is 5.58. The van der Waals surface area contributed by atoms with E-state index < -0.39 is 0 Å². The molecule has 0 saturated heterocycles. The monoisotopic (exact) mass is 445 g/mol. The summed E-state index contributed by atoms with van der Waals surface area (Å²) < 4.78 is 1.77. The summed E-state index contributed by atoms with van der Waals surface area (Å²) in [7, 11) is 0. The molecule has 8 heteroatoms. The smallest absolute Gasteiger partial charge is 0.262 e. The van der Waals surface area contributed by atoms with Crippen molar-refractivity contribution in [2.75, 3.05) is 0 Å². The first-order chi connectivity index (χ1) is 15.4. The summed E-state index contributed by atoms with van der Waals surface area (Å²) in [5.41, 5.74) is 3.83. The number of rotatable bonds is 5. The van der Waals surface area contributed by atoms with Crippen molar-refractivity contribution in [3.8, 4) is 11.3 Å². The van der Waals surface area contributed by atoms with Crippen molar-refractivity contribution >= 4 is 28.9 Å². The number of pyridine rings is 1. The first-order valence-electron chi connectivity index (χ1n) is 10.6. The summed E-state index contributed by atoms with van der Waals surface area (Å²) in [6, 6.07) is 10.3. The van der Waals surface area contributed by atoms with E-state index in [1.54, 1.807) is 29.2 Å². The number of non-ortho nitro benzene ring substituents is 1. The van der Waals surface area contributed by atoms with E-state index in [2.05, 4.69) is 24.9 Å². The second-order valence-electron chi connectivity index (χ2n) is 8.84. The first-order valence-corrected chi connectivity index (χ1v) is 11.5. The standard InChI is InChI=1S/C24H23N5O2S/c1-24(2)18-9-8-17(21(24)12-18)13-26-28-22(16-5-3-7-20(11-16)29(30)31)15-32-23(28)27-19-6-4-10-25-14-19/h3-8,10-11,13-15,18,21H,9,12H2,1-2H3. The van der Waals surface area contributed by atoms with Gasteiger partial charge in [0, 0.05) is 29.3 Å². The number of nitrogens with zero attached hydrogens (tertiary/aromatic N) is 5. The van der Waals surface area contributed by atoms with E-state index >= 15 is 0 Å². The maximum atomic E-state index is 11.3. The predicted molar refractivity (Wildman–Crippen MR) is 126 cm³/mol. The molecule has 7 nitrogen and oxygen atoms in total. The number of allylic oxidation sites excluding steroid dienone is 2. The molecule has 0 amide bonds. The Balaban J connectivity index is 1.60. The van der Waals surface area contributed by atoms with Crippen LogP contribution in [0.5, 0.6) is 0 Å². The van der Waals surface area contributed by atoms with Crippen LogP contribution < -0.4 is 4.80 Å². The van der Waals surface area contributed by atoms with E-state index in [-0.39, 0.29) is 10.6 Å². The van der Waals surface area contributed by atoms with Crippen molar-refractivity contribution < 1.29 is 4.92 Å². The van der Waals surface area contributed by atoms with Gasteiger partial charge >= 0.3 is 0 Å². The molecule has 32 heavy (non-hydrogen) atoms. The minimum absolute atomic E-state index is 0.0484. The summed E-state index contributed by atoms with van der Waals surface area (Å²) >= 11 is 1.44. The number of fused-ring (bicyclic) bond motifs is 1. The second-order valence-corrected chi connectivity index (χ2v) is 9.67. The number of nitro groups is 1. The summed E-state index contributed by atoms with van der Waals surface area (Å²) in [5, 5.41) is 18.1. The molecule has 2 atom stereocenters. The second kappa shape index (κ2) is 7.94. The minimum atomic E-state index is -0.383. The van der Waals surface area contributed by atoms with E-state index in [1.165, 1.54) is 29.4 Å². The van der Waals surface area contributed by atoms with Crippen molar-refractivity contribution in [3.63, 3.8) is 0 Å². The highest BCUT2D eigenvalue weighted by Crippen LogP contribution is 2.58. The van der Waals surface area contributed by atoms with Crippen LogP contribution in [0, 0.1) is 27.4 Å². The van der Waals surface area contributed by atoms with Crippen LogP contribution in [0.4, 0.5) is 11.4 Å². The topological polar surface area (TPSA) is 85.7 Å². The van der Waals surface area contributed by atoms with Crippen LogP contribution in [0.1, 0.15) is 26.7 Å². The largest absolute Gasteiger partial charge is 0.270 e. The molecule has 2 heterocycles. The lowest BCUT2D eigenvalue weighted by atomic mass is 9.49. The average Bonchev–Trinajstić information content (AvgIpc) is 3.20. The van der Waals surface area contributed by atoms with E-state index in [4.69, 9.17) is 10.1 Å². The molecule has 1 aromatic carbocycles. The molecule has 162 valence electrons. The van der Waals surface area contributed by atoms with Gasteiger partial charge in [-0.3, -0.25) is 15.1 Å². The molecule has 3 aliphatic carbocycles. The minimum Gasteiger partial charge on any atom is -0.262 e. The van der Waals surface area contributed by atoms with Gasteiger partial charge in [0.15, 0.2) is 0 Å². The average molecular weight is 446 g/mol. The van der Waals surface area contributed by atoms with Crippen LogP contribution in [-0.4, -0.2) is 20.8 Å². The Kier molecular flexibility index (Phi) is 5.09. The third-order valence-corrected chi connectivity index (χ3v) is 7.56. The Morgan fingerprint density at radius 2 is 2.19 bits per heavy atom. The molecule has 0 spiro atoms. The van der Waals surface area contributed by atoms with Gasteiger partial charge in [-0.15, -0.1) is 11.3 Å². The quantitative estimate of drug-likeness (QED) is 0.292. The lowest BCUT2D eigenvalue weighted by Gasteiger charge is -2.55. The van der Waals surface area contributed by atoms with E-state index in [0.29, 0.717) is 16.1 Å². The summed E-state index contributed by atoms with van der Waals surface area (Å²) in [5.74, 6) is 1.28. The van der Waals surface area contributed by atoms with Crippen LogP contribution in [0.25, 0.3) is 11.3 Å². The van der Waals surface area contributed by atoms with Gasteiger partial charge in [-0.25, -0.2) is 9.67 Å². The van der Waals surface area contributed by atoms with Gasteiger partial charge in [-0.2, -0.15) is 5.10 Å². The van der Waals surface area contributed by atoms with Gasteiger partial charge in [-0.1, -0.05) is 32.1 Å². The van der Waals surface area contributed by atoms with Crippen molar-refractivity contribution in [1.29, 1.82) is 0 Å². The van der Waals surface area contributed by atoms with Crippen LogP contribution in [0.2, 0.25) is 0 Å². The number of nitro benzene ring substituents is 1. The molecule has 2 bridgehead atoms. The van der Waals surface area contributed by atoms with Crippen LogP contribution in [0.3, 0.4) is 0 Å². The number of thiazole rings is 1. The molecule has 3 aliphatic rings. The molecular formula is C24H23N5O2S. The molecule has 0 N–H and O–H groups in total. The van der Waals surface area contributed by atoms with E-state index in [9.17, 15) is 10.1 Å². The Labute approximate surface area is 189 Å². The normalized spacial score (nSPS) is 21.9. The maximum Gasteiger partial charge on any atom is 0.270 e. The molecule has 0 radical (unpaired) electrons. The highest BCUT2D eigenvalue weighted by Gasteiger charge is 2.50. The third-order valence-electron chi connectivity index (χ3n) is 6.74. The summed E-state index contributed by atoms with van der Waals surface area (Å²) in [4.78, 5) is 20.4. The Bertz CT molecular complexity index is 1300. The van der Waals surface area contributed by atoms with Crippen molar-refractivity contribution in [2.45, 2.75) is 26.7 Å². The molecular weight excluding hydrogens is 422 g/mol. The zero-order chi connectivity index (χ0) is 22.3. The van der Waals surface area contributed by atoms with Gasteiger partial charge in [0.2, 0.25) is 4.80 Å². The molecule has 1 fully saturated rings. The Morgan fingerprint density at radius 1 is 1.31 bits per heavy atom. The SMILES string of the molecule is CC1(C)C2CC=C(C=Nn3c(-c4cccc([N+](=O)[O-])c4)csc3=Nc3cccnc3)C1C2. The maximum absolute atomic E-state index is 11.3. The molecule has 3 aromatic rings. The van der Waals surface area contributed by atoms with Gasteiger partial charge in [-0.05, 0) is 47.8 Å². The van der Waals surface area contributed by atoms with Gasteiger partial charge in [0.1, 0.15) is 0 Å². The lowest BCUT2D eigenvalue weighted by molar-refractivity contribution is -0.384. The highest BCUT2D eigenvalue weighted by molar-refractivity contribution is 7.07. The zero-order valence-electron chi connectivity index (χ0n) is 17.9. The van der Waals surface area contributed by atoms with Gasteiger partial charge in [0.05, 0.1) is 28.7 Å². The Hall–Kier alpha value is -3.39. The van der Waals surface area contributed by atoms with Gasteiger partial charge < -0.3 is 0 Å². The van der Waals surface area contributed by atoms with Crippen molar-refractivity contribution in [2.24, 2.45) is 27.3 Å². The number of hydrogen-bond acceptors (Lipinski definition) is 6. The number of hydrogen-bond donors (Lipinski definition) is 0. The van der Waals surface area contributed by atoms with Crippen molar-refractivity contribution in [1.82, 2.24) is 9.66 Å². The molecule has 2 aromatic heterocycles. The number of benzene rings is 1. The Morgan fingerprint density at radius 3 is 2.91 bits per heavy atom. The first kappa shape index (κ1) is 20.5. The fourth-order valence-electron chi connectivity index (χ4n) is 4.67. The highest BCUT2D eigenvalue weighted by atomic mass is 32.1. The zero-order valence-corrected chi connectivity index (χ0v) is 18.7. The summed E-state index contributed by atoms with van der Waals surface area (Å²) in [6.45, 7) is 4.67. The van der Waals surface area contributed by atoms with E-state index in [1.807, 2.05) is 29.8 Å². The van der Waals surface area contributed by atoms with Crippen LogP contribution >= 0.6 is 11.3 Å². The fraction of sp³-hybridized carbons (Fsp3) is 0.292. The fourth-order valence-corrected chi connectivity index (χ4v) is 5.52.